The number of hydrogen-bond donors (Lipinski definition) is 2. The summed E-state index contributed by atoms with van der Waals surface area (Å²) in [7, 11) is 1.13. The molecule has 0 saturated heterocycles. The minimum Gasteiger partial charge on any atom is -0.496 e. The van der Waals surface area contributed by atoms with E-state index in [1.807, 2.05) is 0 Å². The Morgan fingerprint density at radius 2 is 1.42 bits per heavy atom. The summed E-state index contributed by atoms with van der Waals surface area (Å²) in [6.07, 6.45) is -6.45. The number of rotatable bonds is 3. The fraction of sp³-hybridized carbons (Fsp3) is 0.550. The third kappa shape index (κ3) is 10.1. The average molecular weight is 447 g/mol. The van der Waals surface area contributed by atoms with Crippen molar-refractivity contribution in [1.29, 1.82) is 0 Å². The van der Waals surface area contributed by atoms with Crippen molar-refractivity contribution in [2.75, 3.05) is 7.11 Å². The Morgan fingerprint density at radius 3 is 1.81 bits per heavy atom. The van der Waals surface area contributed by atoms with Crippen LogP contribution in [0, 0.1) is 0 Å². The fourth-order valence-electron chi connectivity index (χ4n) is 2.16. The van der Waals surface area contributed by atoms with Gasteiger partial charge in [-0.05, 0) is 59.2 Å². The number of methoxy groups -OCH3 is 1. The molecule has 11 heteroatoms. The van der Waals surface area contributed by atoms with Crippen LogP contribution in [0.25, 0.3) is 0 Å². The first-order valence-corrected chi connectivity index (χ1v) is 9.29. The lowest BCUT2D eigenvalue weighted by Crippen LogP contribution is -2.47. The number of nitrogens with zero attached hydrogens (tertiary/aromatic N) is 1. The van der Waals surface area contributed by atoms with Gasteiger partial charge < -0.3 is 14.2 Å². The number of carbonyl (C=O) groups is 2. The Labute approximate surface area is 179 Å². The molecule has 1 rings (SSSR count). The number of alkyl halides is 3. The van der Waals surface area contributed by atoms with E-state index in [0.29, 0.717) is 0 Å². The van der Waals surface area contributed by atoms with E-state index in [2.05, 4.69) is 15.6 Å². The summed E-state index contributed by atoms with van der Waals surface area (Å²) in [6.45, 7) is 9.55. The molecule has 2 amide bonds. The number of ether oxygens (including phenoxy) is 3. The van der Waals surface area contributed by atoms with Gasteiger partial charge in [0.15, 0.2) is 0 Å². The monoisotopic (exact) mass is 447 g/mol. The number of aliphatic imine (C=N–C) groups is 1. The van der Waals surface area contributed by atoms with Crippen molar-refractivity contribution in [3.63, 3.8) is 0 Å². The van der Waals surface area contributed by atoms with E-state index < -0.39 is 35.1 Å². The Kier molecular flexibility index (Phi) is 8.31. The van der Waals surface area contributed by atoms with E-state index in [0.717, 1.165) is 19.2 Å². The van der Waals surface area contributed by atoms with Gasteiger partial charge >= 0.3 is 18.4 Å². The molecule has 0 radical (unpaired) electrons. The van der Waals surface area contributed by atoms with E-state index in [1.54, 1.807) is 41.5 Å². The summed E-state index contributed by atoms with van der Waals surface area (Å²) in [6, 6.07) is 3.42. The van der Waals surface area contributed by atoms with Crippen molar-refractivity contribution in [3.05, 3.63) is 29.3 Å². The summed E-state index contributed by atoms with van der Waals surface area (Å²) in [5.74, 6) is -0.674. The molecule has 0 aliphatic carbocycles. The minimum absolute atomic E-state index is 0.169. The highest BCUT2D eigenvalue weighted by atomic mass is 19.4. The van der Waals surface area contributed by atoms with Crippen LogP contribution < -0.4 is 15.4 Å². The Hall–Kier alpha value is -2.98. The van der Waals surface area contributed by atoms with Crippen molar-refractivity contribution >= 4 is 18.1 Å². The molecule has 2 N–H and O–H groups in total. The second kappa shape index (κ2) is 9.88. The molecule has 0 saturated carbocycles. The van der Waals surface area contributed by atoms with Crippen LogP contribution in [0.4, 0.5) is 22.8 Å². The highest BCUT2D eigenvalue weighted by Gasteiger charge is 2.34. The number of amides is 2. The first kappa shape index (κ1) is 26.1. The molecule has 8 nitrogen and oxygen atoms in total. The zero-order valence-electron chi connectivity index (χ0n) is 18.6. The molecule has 1 aromatic carbocycles. The Bertz CT molecular complexity index is 793. The molecule has 0 atom stereocenters. The number of hydrogen-bond acceptors (Lipinski definition) is 6. The molecule has 174 valence electrons. The maximum atomic E-state index is 13.2. The number of benzene rings is 1. The van der Waals surface area contributed by atoms with Crippen molar-refractivity contribution in [2.45, 2.75) is 65.5 Å². The third-order valence-corrected chi connectivity index (χ3v) is 3.23. The van der Waals surface area contributed by atoms with Crippen molar-refractivity contribution in [3.8, 4) is 5.75 Å². The molecule has 1 aromatic rings. The lowest BCUT2D eigenvalue weighted by Gasteiger charge is -2.22. The standard InChI is InChI=1S/C20H28F3N3O5/c1-18(2,3)30-16(27)25-15(26-17(28)31-19(4,5)6)24-11-12-8-9-14(29-7)13(10-12)20(21,22)23/h8-10H,11H2,1-7H3,(H2,24,25,26,27,28). The van der Waals surface area contributed by atoms with Crippen LogP contribution in [0.5, 0.6) is 5.75 Å². The van der Waals surface area contributed by atoms with Gasteiger partial charge in [0.2, 0.25) is 5.96 Å². The van der Waals surface area contributed by atoms with Gasteiger partial charge in [0.05, 0.1) is 19.2 Å². The lowest BCUT2D eigenvalue weighted by atomic mass is 10.1. The van der Waals surface area contributed by atoms with Crippen LogP contribution in [-0.2, 0) is 22.2 Å². The maximum absolute atomic E-state index is 13.2. The number of halogens is 3. The summed E-state index contributed by atoms with van der Waals surface area (Å²) < 4.78 is 54.6. The zero-order chi connectivity index (χ0) is 24.0. The third-order valence-electron chi connectivity index (χ3n) is 3.23. The largest absolute Gasteiger partial charge is 0.496 e. The Balaban J connectivity index is 3.11. The van der Waals surface area contributed by atoms with Crippen LogP contribution in [0.2, 0.25) is 0 Å². The Morgan fingerprint density at radius 1 is 0.935 bits per heavy atom. The van der Waals surface area contributed by atoms with E-state index in [9.17, 15) is 22.8 Å². The highest BCUT2D eigenvalue weighted by molar-refractivity contribution is 6.01. The number of nitrogens with one attached hydrogen (secondary N) is 2. The van der Waals surface area contributed by atoms with Crippen molar-refractivity contribution in [1.82, 2.24) is 10.6 Å². The summed E-state index contributed by atoms with van der Waals surface area (Å²) in [4.78, 5) is 28.1. The predicted octanol–water partition coefficient (Wildman–Crippen LogP) is 4.62. The van der Waals surface area contributed by atoms with Gasteiger partial charge in [-0.3, -0.25) is 10.6 Å². The lowest BCUT2D eigenvalue weighted by molar-refractivity contribution is -0.138. The van der Waals surface area contributed by atoms with Crippen molar-refractivity contribution < 1.29 is 37.0 Å². The van der Waals surface area contributed by atoms with Crippen LogP contribution in [0.3, 0.4) is 0 Å². The summed E-state index contributed by atoms with van der Waals surface area (Å²) in [5.41, 5.74) is -2.44. The topological polar surface area (TPSA) is 98.3 Å². The molecule has 0 aromatic heterocycles. The molecule has 0 heterocycles. The average Bonchev–Trinajstić information content (AvgIpc) is 2.55. The molecule has 0 unspecified atom stereocenters. The predicted molar refractivity (Wildman–Crippen MR) is 108 cm³/mol. The van der Waals surface area contributed by atoms with Gasteiger partial charge in [0, 0.05) is 0 Å². The molecular weight excluding hydrogens is 419 g/mol. The van der Waals surface area contributed by atoms with Crippen molar-refractivity contribution in [2.24, 2.45) is 4.99 Å². The molecule has 0 spiro atoms. The summed E-state index contributed by atoms with van der Waals surface area (Å²) >= 11 is 0. The van der Waals surface area contributed by atoms with Gasteiger partial charge in [0.1, 0.15) is 17.0 Å². The SMILES string of the molecule is COc1ccc(CN=C(NC(=O)OC(C)(C)C)NC(=O)OC(C)(C)C)cc1C(F)(F)F. The maximum Gasteiger partial charge on any atom is 0.419 e. The van der Waals surface area contributed by atoms with Gasteiger partial charge in [0.25, 0.3) is 0 Å². The second-order valence-corrected chi connectivity index (χ2v) is 8.45. The smallest absolute Gasteiger partial charge is 0.419 e. The molecule has 0 bridgehead atoms. The highest BCUT2D eigenvalue weighted by Crippen LogP contribution is 2.36. The zero-order valence-corrected chi connectivity index (χ0v) is 18.6. The van der Waals surface area contributed by atoms with Gasteiger partial charge in [-0.25, -0.2) is 14.6 Å². The number of guanidine groups is 1. The second-order valence-electron chi connectivity index (χ2n) is 8.45. The summed E-state index contributed by atoms with van der Waals surface area (Å²) in [5, 5.41) is 4.52. The van der Waals surface area contributed by atoms with E-state index in [1.165, 1.54) is 6.07 Å². The molecule has 31 heavy (non-hydrogen) atoms. The van der Waals surface area contributed by atoms with E-state index in [4.69, 9.17) is 14.2 Å². The first-order chi connectivity index (χ1) is 14.0. The van der Waals surface area contributed by atoms with E-state index in [-0.39, 0.29) is 23.8 Å². The number of alkyl carbamates (subject to hydrolysis) is 2. The van der Waals surface area contributed by atoms with Crippen LogP contribution in [0.1, 0.15) is 52.7 Å². The van der Waals surface area contributed by atoms with Crippen LogP contribution in [-0.4, -0.2) is 36.5 Å². The first-order valence-electron chi connectivity index (χ1n) is 9.29. The number of carbonyl (C=O) groups excluding carboxylic acids is 2. The van der Waals surface area contributed by atoms with E-state index >= 15 is 0 Å². The van der Waals surface area contributed by atoms with Gasteiger partial charge in [-0.15, -0.1) is 0 Å². The van der Waals surface area contributed by atoms with Crippen LogP contribution >= 0.6 is 0 Å². The normalized spacial score (nSPS) is 11.9. The fourth-order valence-corrected chi connectivity index (χ4v) is 2.16. The van der Waals surface area contributed by atoms with Gasteiger partial charge in [-0.1, -0.05) is 6.07 Å². The molecule has 0 aliphatic rings. The minimum atomic E-state index is -4.63. The molecule has 0 aliphatic heterocycles. The quantitative estimate of drug-likeness (QED) is 0.521. The molecular formula is C20H28F3N3O5. The van der Waals surface area contributed by atoms with Crippen LogP contribution in [0.15, 0.2) is 23.2 Å². The van der Waals surface area contributed by atoms with Gasteiger partial charge in [-0.2, -0.15) is 13.2 Å². The molecule has 0 fully saturated rings.